The number of hydrogen-bond acceptors (Lipinski definition) is 3. The minimum Gasteiger partial charge on any atom is -0.497 e. The van der Waals surface area contributed by atoms with Crippen LogP contribution in [0.1, 0.15) is 24.5 Å². The van der Waals surface area contributed by atoms with Crippen molar-refractivity contribution in [3.63, 3.8) is 0 Å². The number of methoxy groups -OCH3 is 1. The molecule has 3 heteroatoms. The average molecular weight is 221 g/mol. The molecular formula is C13H19NO2. The van der Waals surface area contributed by atoms with Crippen molar-refractivity contribution >= 4 is 0 Å². The number of aliphatic hydroxyl groups is 1. The molecule has 16 heavy (non-hydrogen) atoms. The van der Waals surface area contributed by atoms with Crippen molar-refractivity contribution in [2.45, 2.75) is 25.4 Å². The number of rotatable bonds is 3. The molecule has 1 aromatic carbocycles. The highest BCUT2D eigenvalue weighted by atomic mass is 16.5. The summed E-state index contributed by atoms with van der Waals surface area (Å²) in [5, 5.41) is 10.7. The number of nitrogens with two attached hydrogens (primary N) is 1. The fraction of sp³-hybridized carbons (Fsp3) is 0.538. The van der Waals surface area contributed by atoms with Crippen LogP contribution in [-0.2, 0) is 12.0 Å². The summed E-state index contributed by atoms with van der Waals surface area (Å²) in [5.41, 5.74) is 7.02. The van der Waals surface area contributed by atoms with E-state index in [1.54, 1.807) is 7.11 Å². The third-order valence-corrected chi connectivity index (χ3v) is 3.65. The molecule has 0 spiro atoms. The first-order valence-corrected chi connectivity index (χ1v) is 5.71. The third kappa shape index (κ3) is 1.60. The van der Waals surface area contributed by atoms with Crippen LogP contribution in [0.4, 0.5) is 0 Å². The second-order valence-corrected chi connectivity index (χ2v) is 4.59. The van der Waals surface area contributed by atoms with E-state index in [0.29, 0.717) is 13.0 Å². The topological polar surface area (TPSA) is 55.5 Å². The highest BCUT2D eigenvalue weighted by Crippen LogP contribution is 2.44. The Morgan fingerprint density at radius 1 is 1.56 bits per heavy atom. The van der Waals surface area contributed by atoms with Gasteiger partial charge < -0.3 is 15.6 Å². The summed E-state index contributed by atoms with van der Waals surface area (Å²) in [5.74, 6) is 1.02. The normalized spacial score (nSPS) is 27.9. The van der Waals surface area contributed by atoms with Gasteiger partial charge in [-0.1, -0.05) is 13.0 Å². The van der Waals surface area contributed by atoms with E-state index in [-0.39, 0.29) is 5.92 Å². The van der Waals surface area contributed by atoms with Gasteiger partial charge in [-0.2, -0.15) is 0 Å². The lowest BCUT2D eigenvalue weighted by Crippen LogP contribution is -2.32. The Morgan fingerprint density at radius 3 is 2.94 bits per heavy atom. The van der Waals surface area contributed by atoms with E-state index < -0.39 is 5.60 Å². The summed E-state index contributed by atoms with van der Waals surface area (Å²) in [6.45, 7) is 2.57. The van der Waals surface area contributed by atoms with Gasteiger partial charge in [0.25, 0.3) is 0 Å². The van der Waals surface area contributed by atoms with Gasteiger partial charge in [0.2, 0.25) is 0 Å². The predicted octanol–water partition coefficient (Wildman–Crippen LogP) is 1.42. The van der Waals surface area contributed by atoms with Crippen LogP contribution in [0.3, 0.4) is 0 Å². The molecule has 2 rings (SSSR count). The first-order valence-electron chi connectivity index (χ1n) is 5.71. The maximum absolute atomic E-state index is 10.7. The van der Waals surface area contributed by atoms with E-state index in [2.05, 4.69) is 6.92 Å². The van der Waals surface area contributed by atoms with Gasteiger partial charge >= 0.3 is 0 Å². The molecule has 0 bridgehead atoms. The minimum atomic E-state index is -0.779. The van der Waals surface area contributed by atoms with Crippen LogP contribution in [0.25, 0.3) is 0 Å². The van der Waals surface area contributed by atoms with Gasteiger partial charge in [0.15, 0.2) is 0 Å². The van der Waals surface area contributed by atoms with Crippen molar-refractivity contribution in [2.75, 3.05) is 13.7 Å². The molecular weight excluding hydrogens is 202 g/mol. The zero-order chi connectivity index (χ0) is 11.8. The summed E-state index contributed by atoms with van der Waals surface area (Å²) in [6, 6.07) is 5.92. The lowest BCUT2D eigenvalue weighted by Gasteiger charge is -2.28. The molecule has 0 saturated carbocycles. The maximum Gasteiger partial charge on any atom is 0.119 e. The number of fused-ring (bicyclic) bond motifs is 1. The number of benzene rings is 1. The Labute approximate surface area is 96.2 Å². The van der Waals surface area contributed by atoms with Gasteiger partial charge in [-0.05, 0) is 48.6 Å². The highest BCUT2D eigenvalue weighted by Gasteiger charge is 2.42. The molecule has 3 N–H and O–H groups in total. The average Bonchev–Trinajstić information content (AvgIpc) is 2.52. The first-order chi connectivity index (χ1) is 7.61. The van der Waals surface area contributed by atoms with Crippen LogP contribution in [0, 0.1) is 5.92 Å². The standard InChI is InChI=1S/C13H19NO2/c1-9-7-10-3-4-11(16-2)8-12(10)13(9,15)5-6-14/h3-4,8-9,15H,5-7,14H2,1-2H3. The molecule has 0 aromatic heterocycles. The van der Waals surface area contributed by atoms with Gasteiger partial charge in [0.05, 0.1) is 12.7 Å². The zero-order valence-corrected chi connectivity index (χ0v) is 9.86. The molecule has 0 amide bonds. The Morgan fingerprint density at radius 2 is 2.31 bits per heavy atom. The van der Waals surface area contributed by atoms with E-state index in [4.69, 9.17) is 10.5 Å². The summed E-state index contributed by atoms with van der Waals surface area (Å²) in [7, 11) is 1.64. The van der Waals surface area contributed by atoms with Crippen molar-refractivity contribution in [3.05, 3.63) is 29.3 Å². The van der Waals surface area contributed by atoms with Crippen LogP contribution in [0.15, 0.2) is 18.2 Å². The lowest BCUT2D eigenvalue weighted by atomic mass is 9.85. The third-order valence-electron chi connectivity index (χ3n) is 3.65. The van der Waals surface area contributed by atoms with Crippen LogP contribution in [0.5, 0.6) is 5.75 Å². The molecule has 2 unspecified atom stereocenters. The molecule has 3 nitrogen and oxygen atoms in total. The largest absolute Gasteiger partial charge is 0.497 e. The van der Waals surface area contributed by atoms with Crippen molar-refractivity contribution in [1.82, 2.24) is 0 Å². The van der Waals surface area contributed by atoms with E-state index in [1.165, 1.54) is 5.56 Å². The molecule has 88 valence electrons. The predicted molar refractivity (Wildman–Crippen MR) is 63.4 cm³/mol. The first kappa shape index (κ1) is 11.4. The minimum absolute atomic E-state index is 0.221. The van der Waals surface area contributed by atoms with Crippen molar-refractivity contribution in [1.29, 1.82) is 0 Å². The van der Waals surface area contributed by atoms with Crippen molar-refractivity contribution in [3.8, 4) is 5.75 Å². The van der Waals surface area contributed by atoms with Crippen LogP contribution in [-0.4, -0.2) is 18.8 Å². The smallest absolute Gasteiger partial charge is 0.119 e. The van der Waals surface area contributed by atoms with Crippen LogP contribution >= 0.6 is 0 Å². The SMILES string of the molecule is COc1ccc2c(c1)C(O)(CCN)C(C)C2. The molecule has 2 atom stereocenters. The highest BCUT2D eigenvalue weighted by molar-refractivity contribution is 5.43. The van der Waals surface area contributed by atoms with Gasteiger partial charge in [-0.3, -0.25) is 0 Å². The molecule has 1 aliphatic rings. The van der Waals surface area contributed by atoms with Crippen molar-refractivity contribution in [2.24, 2.45) is 11.7 Å². The Hall–Kier alpha value is -1.06. The lowest BCUT2D eigenvalue weighted by molar-refractivity contribution is -0.0102. The van der Waals surface area contributed by atoms with E-state index in [1.807, 2.05) is 18.2 Å². The van der Waals surface area contributed by atoms with E-state index in [0.717, 1.165) is 17.7 Å². The molecule has 1 aliphatic carbocycles. The fourth-order valence-corrected chi connectivity index (χ4v) is 2.63. The Kier molecular flexibility index (Phi) is 2.91. The summed E-state index contributed by atoms with van der Waals surface area (Å²) < 4.78 is 5.20. The molecule has 1 aromatic rings. The summed E-state index contributed by atoms with van der Waals surface area (Å²) in [6.07, 6.45) is 1.52. The van der Waals surface area contributed by atoms with Crippen molar-refractivity contribution < 1.29 is 9.84 Å². The quantitative estimate of drug-likeness (QED) is 0.811. The maximum atomic E-state index is 10.7. The van der Waals surface area contributed by atoms with Gasteiger partial charge in [-0.25, -0.2) is 0 Å². The Balaban J connectivity index is 2.45. The van der Waals surface area contributed by atoms with Crippen LogP contribution in [0.2, 0.25) is 0 Å². The fourth-order valence-electron chi connectivity index (χ4n) is 2.63. The number of ether oxygens (including phenoxy) is 1. The molecule has 0 fully saturated rings. The Bertz CT molecular complexity index is 392. The second-order valence-electron chi connectivity index (χ2n) is 4.59. The number of hydrogen-bond donors (Lipinski definition) is 2. The molecule has 0 radical (unpaired) electrons. The zero-order valence-electron chi connectivity index (χ0n) is 9.86. The van der Waals surface area contributed by atoms with Gasteiger partial charge in [0, 0.05) is 0 Å². The van der Waals surface area contributed by atoms with E-state index in [9.17, 15) is 5.11 Å². The van der Waals surface area contributed by atoms with Gasteiger partial charge in [-0.15, -0.1) is 0 Å². The van der Waals surface area contributed by atoms with E-state index >= 15 is 0 Å². The summed E-state index contributed by atoms with van der Waals surface area (Å²) in [4.78, 5) is 0. The molecule has 0 saturated heterocycles. The van der Waals surface area contributed by atoms with Gasteiger partial charge in [0.1, 0.15) is 5.75 Å². The molecule has 0 heterocycles. The summed E-state index contributed by atoms with van der Waals surface area (Å²) >= 11 is 0. The second kappa shape index (κ2) is 4.07. The molecule has 0 aliphatic heterocycles. The van der Waals surface area contributed by atoms with Crippen LogP contribution < -0.4 is 10.5 Å². The monoisotopic (exact) mass is 221 g/mol.